The number of carbonyl (C=O) groups excluding carboxylic acids is 2. The summed E-state index contributed by atoms with van der Waals surface area (Å²) < 4.78 is 0. The van der Waals surface area contributed by atoms with Gasteiger partial charge in [0.05, 0.1) is 11.6 Å². The number of primary amides is 1. The van der Waals surface area contributed by atoms with Crippen molar-refractivity contribution < 1.29 is 9.59 Å². The SMILES string of the molecule is CSc1ncccc1C(=O)N(Cc1ccccc1C(N)=O)[C@@H]1CCc2ccc(Cl)cc21. The molecule has 1 aliphatic carbocycles. The van der Waals surface area contributed by atoms with Crippen LogP contribution >= 0.6 is 23.4 Å². The van der Waals surface area contributed by atoms with E-state index in [1.54, 1.807) is 30.5 Å². The Balaban J connectivity index is 1.80. The standard InChI is InChI=1S/C24H22ClN3O2S/c1-31-23-19(7-4-12-27-23)24(30)28(14-16-5-2-3-6-18(16)22(26)29)21-11-9-15-8-10-17(25)13-20(15)21/h2-8,10,12-13,21H,9,11,14H2,1H3,(H2,26,29)/t21-/m1/s1. The molecule has 0 radical (unpaired) electrons. The summed E-state index contributed by atoms with van der Waals surface area (Å²) in [6.07, 6.45) is 5.23. The molecule has 1 heterocycles. The van der Waals surface area contributed by atoms with Crippen molar-refractivity contribution in [3.63, 3.8) is 0 Å². The lowest BCUT2D eigenvalue weighted by Crippen LogP contribution is -2.35. The Morgan fingerprint density at radius 3 is 2.71 bits per heavy atom. The number of pyridine rings is 1. The molecule has 7 heteroatoms. The van der Waals surface area contributed by atoms with Gasteiger partial charge in [-0.05, 0) is 66.1 Å². The van der Waals surface area contributed by atoms with Crippen molar-refractivity contribution in [2.75, 3.05) is 6.26 Å². The van der Waals surface area contributed by atoms with Gasteiger partial charge >= 0.3 is 0 Å². The maximum Gasteiger partial charge on any atom is 0.257 e. The molecule has 5 nitrogen and oxygen atoms in total. The molecule has 158 valence electrons. The van der Waals surface area contributed by atoms with E-state index in [2.05, 4.69) is 4.98 Å². The maximum atomic E-state index is 13.8. The van der Waals surface area contributed by atoms with E-state index in [-0.39, 0.29) is 18.5 Å². The minimum atomic E-state index is -0.510. The van der Waals surface area contributed by atoms with Gasteiger partial charge in [0.15, 0.2) is 0 Å². The number of rotatable bonds is 6. The van der Waals surface area contributed by atoms with E-state index in [0.29, 0.717) is 26.7 Å². The van der Waals surface area contributed by atoms with Crippen LogP contribution in [0.2, 0.25) is 5.02 Å². The number of nitrogens with zero attached hydrogens (tertiary/aromatic N) is 2. The lowest BCUT2D eigenvalue weighted by atomic mass is 10.0. The van der Waals surface area contributed by atoms with Crippen LogP contribution in [0, 0.1) is 0 Å². The van der Waals surface area contributed by atoms with Gasteiger partial charge in [-0.3, -0.25) is 9.59 Å². The fraction of sp³-hybridized carbons (Fsp3) is 0.208. The molecule has 0 bridgehead atoms. The second-order valence-electron chi connectivity index (χ2n) is 7.41. The summed E-state index contributed by atoms with van der Waals surface area (Å²) in [5.41, 5.74) is 9.51. The number of aryl methyl sites for hydroxylation is 1. The molecule has 0 spiro atoms. The first-order valence-corrected chi connectivity index (χ1v) is 11.6. The van der Waals surface area contributed by atoms with Gasteiger partial charge in [-0.2, -0.15) is 0 Å². The molecule has 0 aliphatic heterocycles. The first-order chi connectivity index (χ1) is 15.0. The largest absolute Gasteiger partial charge is 0.366 e. The Kier molecular flexibility index (Phi) is 6.30. The molecular formula is C24H22ClN3O2S. The van der Waals surface area contributed by atoms with Crippen molar-refractivity contribution in [2.24, 2.45) is 5.73 Å². The second kappa shape index (κ2) is 9.12. The van der Waals surface area contributed by atoms with E-state index in [4.69, 9.17) is 17.3 Å². The molecule has 0 saturated heterocycles. The molecular weight excluding hydrogens is 430 g/mol. The molecule has 1 aromatic heterocycles. The smallest absolute Gasteiger partial charge is 0.257 e. The molecule has 1 atom stereocenters. The Morgan fingerprint density at radius 2 is 1.94 bits per heavy atom. The van der Waals surface area contributed by atoms with Crippen LogP contribution in [-0.2, 0) is 13.0 Å². The van der Waals surface area contributed by atoms with E-state index in [1.807, 2.05) is 41.5 Å². The highest BCUT2D eigenvalue weighted by Gasteiger charge is 2.33. The van der Waals surface area contributed by atoms with Gasteiger partial charge < -0.3 is 10.6 Å². The summed E-state index contributed by atoms with van der Waals surface area (Å²) in [6, 6.07) is 16.4. The molecule has 2 N–H and O–H groups in total. The molecule has 0 saturated carbocycles. The normalized spacial score (nSPS) is 14.8. The van der Waals surface area contributed by atoms with Gasteiger partial charge in [0, 0.05) is 23.3 Å². The van der Waals surface area contributed by atoms with Crippen molar-refractivity contribution >= 4 is 35.2 Å². The van der Waals surface area contributed by atoms with Crippen molar-refractivity contribution in [2.45, 2.75) is 30.5 Å². The van der Waals surface area contributed by atoms with Gasteiger partial charge in [-0.15, -0.1) is 11.8 Å². The van der Waals surface area contributed by atoms with Crippen molar-refractivity contribution in [3.05, 3.63) is 93.6 Å². The number of hydrogen-bond donors (Lipinski definition) is 1. The van der Waals surface area contributed by atoms with Crippen LogP contribution in [0.25, 0.3) is 0 Å². The van der Waals surface area contributed by atoms with Crippen molar-refractivity contribution in [1.29, 1.82) is 0 Å². The van der Waals surface area contributed by atoms with E-state index >= 15 is 0 Å². The third kappa shape index (κ3) is 4.31. The van der Waals surface area contributed by atoms with Crippen LogP contribution in [0.4, 0.5) is 0 Å². The fourth-order valence-corrected chi connectivity index (χ4v) is 4.87. The van der Waals surface area contributed by atoms with Crippen LogP contribution in [0.1, 0.15) is 49.9 Å². The zero-order valence-electron chi connectivity index (χ0n) is 17.0. The highest BCUT2D eigenvalue weighted by Crippen LogP contribution is 2.39. The summed E-state index contributed by atoms with van der Waals surface area (Å²) >= 11 is 7.72. The molecule has 0 unspecified atom stereocenters. The van der Waals surface area contributed by atoms with Gasteiger partial charge in [0.2, 0.25) is 5.91 Å². The second-order valence-corrected chi connectivity index (χ2v) is 8.64. The fourth-order valence-electron chi connectivity index (χ4n) is 4.15. The van der Waals surface area contributed by atoms with Gasteiger partial charge in [0.25, 0.3) is 5.91 Å². The predicted octanol–water partition coefficient (Wildman–Crippen LogP) is 4.89. The van der Waals surface area contributed by atoms with Gasteiger partial charge in [0.1, 0.15) is 5.03 Å². The zero-order valence-corrected chi connectivity index (χ0v) is 18.6. The minimum absolute atomic E-state index is 0.130. The molecule has 31 heavy (non-hydrogen) atoms. The Morgan fingerprint density at radius 1 is 1.16 bits per heavy atom. The lowest BCUT2D eigenvalue weighted by Gasteiger charge is -2.31. The van der Waals surface area contributed by atoms with E-state index in [9.17, 15) is 9.59 Å². The number of aromatic nitrogens is 1. The first-order valence-electron chi connectivity index (χ1n) is 9.95. The number of nitrogens with two attached hydrogens (primary N) is 1. The Hall–Kier alpha value is -2.83. The predicted molar refractivity (Wildman–Crippen MR) is 123 cm³/mol. The monoisotopic (exact) mass is 451 g/mol. The number of amides is 2. The van der Waals surface area contributed by atoms with Crippen LogP contribution in [0.15, 0.2) is 65.8 Å². The average Bonchev–Trinajstić information content (AvgIpc) is 3.19. The van der Waals surface area contributed by atoms with Crippen LogP contribution in [-0.4, -0.2) is 28.0 Å². The van der Waals surface area contributed by atoms with Gasteiger partial charge in [-0.1, -0.05) is 35.9 Å². The summed E-state index contributed by atoms with van der Waals surface area (Å²) in [5, 5.41) is 1.31. The van der Waals surface area contributed by atoms with Crippen LogP contribution in [0.5, 0.6) is 0 Å². The van der Waals surface area contributed by atoms with Crippen molar-refractivity contribution in [3.8, 4) is 0 Å². The van der Waals surface area contributed by atoms with Crippen LogP contribution < -0.4 is 5.73 Å². The number of halogens is 1. The highest BCUT2D eigenvalue weighted by atomic mass is 35.5. The molecule has 0 fully saturated rings. The van der Waals surface area contributed by atoms with E-state index in [1.165, 1.54) is 17.3 Å². The molecule has 1 aliphatic rings. The molecule has 2 amide bonds. The van der Waals surface area contributed by atoms with Crippen molar-refractivity contribution in [1.82, 2.24) is 9.88 Å². The molecule has 2 aromatic carbocycles. The number of hydrogen-bond acceptors (Lipinski definition) is 4. The average molecular weight is 452 g/mol. The Labute approximate surface area is 190 Å². The number of benzene rings is 2. The summed E-state index contributed by atoms with van der Waals surface area (Å²) in [6.45, 7) is 0.261. The maximum absolute atomic E-state index is 13.8. The number of carbonyl (C=O) groups is 2. The van der Waals surface area contributed by atoms with Gasteiger partial charge in [-0.25, -0.2) is 4.98 Å². The first kappa shape index (κ1) is 21.4. The van der Waals surface area contributed by atoms with E-state index < -0.39 is 5.91 Å². The third-order valence-corrected chi connectivity index (χ3v) is 6.56. The topological polar surface area (TPSA) is 76.3 Å². The lowest BCUT2D eigenvalue weighted by molar-refractivity contribution is 0.0651. The summed E-state index contributed by atoms with van der Waals surface area (Å²) in [7, 11) is 0. The minimum Gasteiger partial charge on any atom is -0.366 e. The third-order valence-electron chi connectivity index (χ3n) is 5.61. The van der Waals surface area contributed by atoms with Crippen LogP contribution in [0.3, 0.4) is 0 Å². The highest BCUT2D eigenvalue weighted by molar-refractivity contribution is 7.98. The summed E-state index contributed by atoms with van der Waals surface area (Å²) in [5.74, 6) is -0.640. The zero-order chi connectivity index (χ0) is 22.0. The quantitative estimate of drug-likeness (QED) is 0.541. The molecule has 4 rings (SSSR count). The van der Waals surface area contributed by atoms with E-state index in [0.717, 1.165) is 18.4 Å². The molecule has 3 aromatic rings. The summed E-state index contributed by atoms with van der Waals surface area (Å²) in [4.78, 5) is 32.0. The number of thioether (sulfide) groups is 1. The number of fused-ring (bicyclic) bond motifs is 1. The Bertz CT molecular complexity index is 1150.